The van der Waals surface area contributed by atoms with Crippen LogP contribution in [-0.4, -0.2) is 22.9 Å². The molecule has 0 unspecified atom stereocenters. The Morgan fingerprint density at radius 1 is 1.40 bits per heavy atom. The van der Waals surface area contributed by atoms with Gasteiger partial charge in [0.25, 0.3) is 5.56 Å². The van der Waals surface area contributed by atoms with Gasteiger partial charge in [0, 0.05) is 22.6 Å². The van der Waals surface area contributed by atoms with Crippen LogP contribution in [0.5, 0.6) is 5.75 Å². The number of nitrogens with two attached hydrogens (primary N) is 1. The van der Waals surface area contributed by atoms with E-state index in [9.17, 15) is 9.18 Å². The van der Waals surface area contributed by atoms with Gasteiger partial charge in [0.1, 0.15) is 18.2 Å². The third-order valence-corrected chi connectivity index (χ3v) is 3.06. The zero-order chi connectivity index (χ0) is 14.5. The van der Waals surface area contributed by atoms with Gasteiger partial charge in [-0.2, -0.15) is 5.10 Å². The van der Waals surface area contributed by atoms with E-state index in [-0.39, 0.29) is 12.1 Å². The van der Waals surface area contributed by atoms with Crippen molar-refractivity contribution < 1.29 is 9.13 Å². The lowest BCUT2D eigenvalue weighted by Crippen LogP contribution is -2.23. The first-order chi connectivity index (χ1) is 9.60. The Morgan fingerprint density at radius 3 is 2.85 bits per heavy atom. The first-order valence-electron chi connectivity index (χ1n) is 5.94. The largest absolute Gasteiger partial charge is 0.490 e. The molecule has 0 fully saturated rings. The van der Waals surface area contributed by atoms with E-state index in [0.717, 1.165) is 0 Å². The summed E-state index contributed by atoms with van der Waals surface area (Å²) < 4.78 is 20.7. The first kappa shape index (κ1) is 14.7. The Hall–Kier alpha value is -1.73. The second kappa shape index (κ2) is 6.62. The van der Waals surface area contributed by atoms with Gasteiger partial charge in [0.05, 0.1) is 12.7 Å². The number of halogens is 2. The van der Waals surface area contributed by atoms with Crippen molar-refractivity contribution in [2.45, 2.75) is 6.54 Å². The van der Waals surface area contributed by atoms with Gasteiger partial charge in [-0.05, 0) is 12.1 Å². The number of aromatic nitrogens is 2. The van der Waals surface area contributed by atoms with Crippen molar-refractivity contribution in [3.05, 3.63) is 56.7 Å². The van der Waals surface area contributed by atoms with Crippen LogP contribution in [0.3, 0.4) is 0 Å². The minimum Gasteiger partial charge on any atom is -0.490 e. The average Bonchev–Trinajstić information content (AvgIpc) is 2.42. The lowest BCUT2D eigenvalue weighted by Gasteiger charge is -2.08. The standard InChI is InChI=1S/C13H13BrFN3O2/c14-10-2-1-9(12(15)5-10)8-18-13(19)6-11(7-17-18)20-4-3-16/h1-2,5-7H,3-4,8,16H2. The van der Waals surface area contributed by atoms with E-state index in [1.807, 2.05) is 0 Å². The lowest BCUT2D eigenvalue weighted by molar-refractivity contribution is 0.324. The third-order valence-electron chi connectivity index (χ3n) is 2.57. The highest BCUT2D eigenvalue weighted by molar-refractivity contribution is 9.10. The molecule has 2 rings (SSSR count). The first-order valence-corrected chi connectivity index (χ1v) is 6.73. The van der Waals surface area contributed by atoms with E-state index in [1.54, 1.807) is 12.1 Å². The van der Waals surface area contributed by atoms with Crippen molar-refractivity contribution in [1.29, 1.82) is 0 Å². The van der Waals surface area contributed by atoms with Crippen molar-refractivity contribution in [2.75, 3.05) is 13.2 Å². The van der Waals surface area contributed by atoms with Crippen molar-refractivity contribution >= 4 is 15.9 Å². The molecule has 1 heterocycles. The van der Waals surface area contributed by atoms with E-state index in [4.69, 9.17) is 10.5 Å². The Bertz CT molecular complexity index is 660. The van der Waals surface area contributed by atoms with Crippen LogP contribution in [0.2, 0.25) is 0 Å². The molecule has 1 aromatic carbocycles. The van der Waals surface area contributed by atoms with Crippen LogP contribution in [0.15, 0.2) is 39.7 Å². The summed E-state index contributed by atoms with van der Waals surface area (Å²) in [4.78, 5) is 11.8. The summed E-state index contributed by atoms with van der Waals surface area (Å²) in [6.07, 6.45) is 1.41. The number of rotatable bonds is 5. The molecule has 0 amide bonds. The fourth-order valence-electron chi connectivity index (χ4n) is 1.60. The summed E-state index contributed by atoms with van der Waals surface area (Å²) in [5, 5.41) is 3.95. The molecule has 0 aliphatic heterocycles. The van der Waals surface area contributed by atoms with Crippen LogP contribution in [0.25, 0.3) is 0 Å². The van der Waals surface area contributed by atoms with Gasteiger partial charge >= 0.3 is 0 Å². The lowest BCUT2D eigenvalue weighted by atomic mass is 10.2. The molecular formula is C13H13BrFN3O2. The topological polar surface area (TPSA) is 70.1 Å². The number of hydrogen-bond donors (Lipinski definition) is 1. The smallest absolute Gasteiger partial charge is 0.270 e. The van der Waals surface area contributed by atoms with E-state index in [0.29, 0.717) is 28.9 Å². The molecule has 7 heteroatoms. The zero-order valence-corrected chi connectivity index (χ0v) is 12.1. The van der Waals surface area contributed by atoms with E-state index < -0.39 is 5.82 Å². The molecule has 2 aromatic rings. The molecular weight excluding hydrogens is 329 g/mol. The Morgan fingerprint density at radius 2 is 2.20 bits per heavy atom. The molecule has 20 heavy (non-hydrogen) atoms. The maximum absolute atomic E-state index is 13.7. The quantitative estimate of drug-likeness (QED) is 0.895. The van der Waals surface area contributed by atoms with Crippen LogP contribution in [-0.2, 0) is 6.54 Å². The van der Waals surface area contributed by atoms with Gasteiger partial charge in [-0.1, -0.05) is 22.0 Å². The Kier molecular flexibility index (Phi) is 4.86. The molecule has 0 radical (unpaired) electrons. The van der Waals surface area contributed by atoms with E-state index >= 15 is 0 Å². The van der Waals surface area contributed by atoms with Crippen LogP contribution in [0.4, 0.5) is 4.39 Å². The van der Waals surface area contributed by atoms with Gasteiger partial charge in [-0.25, -0.2) is 9.07 Å². The maximum Gasteiger partial charge on any atom is 0.270 e. The summed E-state index contributed by atoms with van der Waals surface area (Å²) in [7, 11) is 0. The molecule has 0 spiro atoms. The normalized spacial score (nSPS) is 10.6. The molecule has 0 aliphatic rings. The minimum atomic E-state index is -0.392. The Balaban J connectivity index is 2.19. The fraction of sp³-hybridized carbons (Fsp3) is 0.231. The number of nitrogens with zero attached hydrogens (tertiary/aromatic N) is 2. The summed E-state index contributed by atoms with van der Waals surface area (Å²) in [5.74, 6) is -0.0375. The average molecular weight is 342 g/mol. The van der Waals surface area contributed by atoms with E-state index in [2.05, 4.69) is 21.0 Å². The summed E-state index contributed by atoms with van der Waals surface area (Å²) in [6.45, 7) is 0.731. The highest BCUT2D eigenvalue weighted by atomic mass is 79.9. The maximum atomic E-state index is 13.7. The molecule has 0 saturated carbocycles. The molecule has 106 valence electrons. The minimum absolute atomic E-state index is 0.0646. The number of hydrogen-bond acceptors (Lipinski definition) is 4. The van der Waals surface area contributed by atoms with Gasteiger partial charge in [-0.3, -0.25) is 4.79 Å². The fourth-order valence-corrected chi connectivity index (χ4v) is 1.94. The van der Waals surface area contributed by atoms with Crippen LogP contribution < -0.4 is 16.0 Å². The predicted octanol–water partition coefficient (Wildman–Crippen LogP) is 1.53. The summed E-state index contributed by atoms with van der Waals surface area (Å²) >= 11 is 3.18. The second-order valence-corrected chi connectivity index (χ2v) is 4.98. The van der Waals surface area contributed by atoms with Crippen LogP contribution >= 0.6 is 15.9 Å². The summed E-state index contributed by atoms with van der Waals surface area (Å²) in [5.41, 5.74) is 5.33. The second-order valence-electron chi connectivity index (χ2n) is 4.06. The Labute approximate surface area is 123 Å². The highest BCUT2D eigenvalue weighted by Crippen LogP contribution is 2.15. The molecule has 0 saturated heterocycles. The van der Waals surface area contributed by atoms with Crippen LogP contribution in [0, 0.1) is 5.82 Å². The number of ether oxygens (including phenoxy) is 1. The SMILES string of the molecule is NCCOc1cnn(Cc2ccc(Br)cc2F)c(=O)c1. The monoisotopic (exact) mass is 341 g/mol. The predicted molar refractivity (Wildman–Crippen MR) is 76.2 cm³/mol. The highest BCUT2D eigenvalue weighted by Gasteiger charge is 2.07. The van der Waals surface area contributed by atoms with Gasteiger partial charge in [-0.15, -0.1) is 0 Å². The molecule has 1 aromatic heterocycles. The molecule has 5 nitrogen and oxygen atoms in total. The molecule has 2 N–H and O–H groups in total. The molecule has 0 aliphatic carbocycles. The van der Waals surface area contributed by atoms with Crippen molar-refractivity contribution in [3.63, 3.8) is 0 Å². The van der Waals surface area contributed by atoms with Gasteiger partial charge < -0.3 is 10.5 Å². The van der Waals surface area contributed by atoms with Crippen LogP contribution in [0.1, 0.15) is 5.56 Å². The number of benzene rings is 1. The van der Waals surface area contributed by atoms with Crippen molar-refractivity contribution in [2.24, 2.45) is 5.73 Å². The van der Waals surface area contributed by atoms with Crippen molar-refractivity contribution in [1.82, 2.24) is 9.78 Å². The van der Waals surface area contributed by atoms with Crippen molar-refractivity contribution in [3.8, 4) is 5.75 Å². The van der Waals surface area contributed by atoms with Gasteiger partial charge in [0.15, 0.2) is 0 Å². The summed E-state index contributed by atoms with van der Waals surface area (Å²) in [6, 6.07) is 5.97. The zero-order valence-electron chi connectivity index (χ0n) is 10.6. The van der Waals surface area contributed by atoms with E-state index in [1.165, 1.54) is 23.0 Å². The van der Waals surface area contributed by atoms with Gasteiger partial charge in [0.2, 0.25) is 0 Å². The molecule has 0 bridgehead atoms. The third kappa shape index (κ3) is 3.64. The molecule has 0 atom stereocenters.